The van der Waals surface area contributed by atoms with Gasteiger partial charge in [0, 0.05) is 42.4 Å². The standard InChI is InChI=1S/C21H19N3O/c1-15-6-5-9-17(12-15)21(25)24-11-10-19-18(14-24)13-22-20(23-19)16-7-3-2-4-8-16/h2-9,12-13H,10-11,14H2,1H3. The molecule has 4 nitrogen and oxygen atoms in total. The fraction of sp³-hybridized carbons (Fsp3) is 0.190. The van der Waals surface area contributed by atoms with Gasteiger partial charge in [0.15, 0.2) is 5.82 Å². The highest BCUT2D eigenvalue weighted by molar-refractivity contribution is 5.94. The summed E-state index contributed by atoms with van der Waals surface area (Å²) < 4.78 is 0. The molecule has 1 aromatic heterocycles. The van der Waals surface area contributed by atoms with Crippen LogP contribution in [0.4, 0.5) is 0 Å². The summed E-state index contributed by atoms with van der Waals surface area (Å²) in [5, 5.41) is 0. The summed E-state index contributed by atoms with van der Waals surface area (Å²) in [6.45, 7) is 3.25. The van der Waals surface area contributed by atoms with E-state index in [-0.39, 0.29) is 5.91 Å². The predicted octanol–water partition coefficient (Wildman–Crippen LogP) is 3.65. The molecule has 0 unspecified atom stereocenters. The van der Waals surface area contributed by atoms with E-state index in [0.717, 1.165) is 40.2 Å². The van der Waals surface area contributed by atoms with Crippen LogP contribution in [0.3, 0.4) is 0 Å². The second-order valence-electron chi connectivity index (χ2n) is 6.38. The molecule has 2 heterocycles. The first kappa shape index (κ1) is 15.5. The van der Waals surface area contributed by atoms with E-state index in [4.69, 9.17) is 4.98 Å². The van der Waals surface area contributed by atoms with Crippen LogP contribution in [-0.4, -0.2) is 27.3 Å². The number of carbonyl (C=O) groups excluding carboxylic acids is 1. The zero-order chi connectivity index (χ0) is 17.2. The van der Waals surface area contributed by atoms with Gasteiger partial charge >= 0.3 is 0 Å². The summed E-state index contributed by atoms with van der Waals surface area (Å²) in [7, 11) is 0. The molecule has 25 heavy (non-hydrogen) atoms. The van der Waals surface area contributed by atoms with E-state index in [1.54, 1.807) is 0 Å². The van der Waals surface area contributed by atoms with Crippen molar-refractivity contribution in [2.45, 2.75) is 19.9 Å². The molecule has 4 heteroatoms. The van der Waals surface area contributed by atoms with Gasteiger partial charge in [-0.15, -0.1) is 0 Å². The smallest absolute Gasteiger partial charge is 0.254 e. The molecule has 1 aliphatic heterocycles. The highest BCUT2D eigenvalue weighted by Gasteiger charge is 2.23. The van der Waals surface area contributed by atoms with E-state index in [1.807, 2.05) is 72.6 Å². The van der Waals surface area contributed by atoms with Crippen molar-refractivity contribution in [1.82, 2.24) is 14.9 Å². The average Bonchev–Trinajstić information content (AvgIpc) is 2.67. The Morgan fingerprint density at radius 3 is 2.72 bits per heavy atom. The minimum absolute atomic E-state index is 0.0708. The van der Waals surface area contributed by atoms with E-state index in [2.05, 4.69) is 4.98 Å². The summed E-state index contributed by atoms with van der Waals surface area (Å²) in [6.07, 6.45) is 2.62. The Morgan fingerprint density at radius 1 is 1.08 bits per heavy atom. The van der Waals surface area contributed by atoms with Crippen LogP contribution in [0.1, 0.15) is 27.2 Å². The number of nitrogens with zero attached hydrogens (tertiary/aromatic N) is 3. The number of aromatic nitrogens is 2. The molecule has 4 rings (SSSR count). The number of carbonyl (C=O) groups is 1. The largest absolute Gasteiger partial charge is 0.334 e. The molecule has 0 spiro atoms. The van der Waals surface area contributed by atoms with Crippen LogP contribution < -0.4 is 0 Å². The molecule has 124 valence electrons. The van der Waals surface area contributed by atoms with Gasteiger partial charge in [-0.1, -0.05) is 48.0 Å². The van der Waals surface area contributed by atoms with Gasteiger partial charge in [0.2, 0.25) is 0 Å². The van der Waals surface area contributed by atoms with E-state index < -0.39 is 0 Å². The van der Waals surface area contributed by atoms with Crippen molar-refractivity contribution in [3.05, 3.63) is 83.2 Å². The van der Waals surface area contributed by atoms with Gasteiger partial charge in [0.1, 0.15) is 0 Å². The third-order valence-electron chi connectivity index (χ3n) is 4.52. The van der Waals surface area contributed by atoms with Gasteiger partial charge in [0.05, 0.1) is 5.69 Å². The van der Waals surface area contributed by atoms with Crippen LogP contribution >= 0.6 is 0 Å². The van der Waals surface area contributed by atoms with Crippen LogP contribution in [0.25, 0.3) is 11.4 Å². The van der Waals surface area contributed by atoms with Crippen LogP contribution in [0.15, 0.2) is 60.8 Å². The number of amides is 1. The summed E-state index contributed by atoms with van der Waals surface area (Å²) in [6, 6.07) is 17.7. The van der Waals surface area contributed by atoms with Gasteiger partial charge in [0.25, 0.3) is 5.91 Å². The normalized spacial score (nSPS) is 13.4. The minimum Gasteiger partial charge on any atom is -0.334 e. The first-order chi connectivity index (χ1) is 12.2. The number of benzene rings is 2. The lowest BCUT2D eigenvalue weighted by molar-refractivity contribution is 0.0733. The Bertz CT molecular complexity index is 921. The maximum atomic E-state index is 12.7. The molecule has 0 saturated carbocycles. The Kier molecular flexibility index (Phi) is 4.02. The molecule has 1 aliphatic rings. The second kappa shape index (κ2) is 6.48. The van der Waals surface area contributed by atoms with Crippen LogP contribution in [0.5, 0.6) is 0 Å². The van der Waals surface area contributed by atoms with E-state index in [1.165, 1.54) is 0 Å². The SMILES string of the molecule is Cc1cccc(C(=O)N2CCc3nc(-c4ccccc4)ncc3C2)c1. The predicted molar refractivity (Wildman–Crippen MR) is 97.1 cm³/mol. The number of fused-ring (bicyclic) bond motifs is 1. The lowest BCUT2D eigenvalue weighted by atomic mass is 10.0. The molecule has 0 saturated heterocycles. The number of hydrogen-bond donors (Lipinski definition) is 0. The lowest BCUT2D eigenvalue weighted by Gasteiger charge is -2.28. The summed E-state index contributed by atoms with van der Waals surface area (Å²) in [5.74, 6) is 0.819. The van der Waals surface area contributed by atoms with Crippen molar-refractivity contribution in [3.63, 3.8) is 0 Å². The number of rotatable bonds is 2. The third-order valence-corrected chi connectivity index (χ3v) is 4.52. The second-order valence-corrected chi connectivity index (χ2v) is 6.38. The zero-order valence-electron chi connectivity index (χ0n) is 14.1. The molecular formula is C21H19N3O. The fourth-order valence-electron chi connectivity index (χ4n) is 3.18. The molecule has 0 aliphatic carbocycles. The Morgan fingerprint density at radius 2 is 1.92 bits per heavy atom. The topological polar surface area (TPSA) is 46.1 Å². The minimum atomic E-state index is 0.0708. The maximum absolute atomic E-state index is 12.7. The van der Waals surface area contributed by atoms with Gasteiger partial charge in [-0.3, -0.25) is 4.79 Å². The van der Waals surface area contributed by atoms with Gasteiger partial charge in [-0.2, -0.15) is 0 Å². The van der Waals surface area contributed by atoms with Crippen molar-refractivity contribution in [2.75, 3.05) is 6.54 Å². The van der Waals surface area contributed by atoms with Crippen molar-refractivity contribution >= 4 is 5.91 Å². The molecule has 0 bridgehead atoms. The summed E-state index contributed by atoms with van der Waals surface area (Å²) in [4.78, 5) is 23.8. The first-order valence-electron chi connectivity index (χ1n) is 8.47. The number of hydrogen-bond acceptors (Lipinski definition) is 3. The number of aryl methyl sites for hydroxylation is 1. The summed E-state index contributed by atoms with van der Waals surface area (Å²) >= 11 is 0. The van der Waals surface area contributed by atoms with Crippen LogP contribution in [-0.2, 0) is 13.0 Å². The third kappa shape index (κ3) is 3.15. The van der Waals surface area contributed by atoms with Gasteiger partial charge < -0.3 is 4.90 Å². The highest BCUT2D eigenvalue weighted by atomic mass is 16.2. The summed E-state index contributed by atoms with van der Waals surface area (Å²) in [5.41, 5.74) is 4.93. The van der Waals surface area contributed by atoms with E-state index in [9.17, 15) is 4.79 Å². The Hall–Kier alpha value is -3.01. The van der Waals surface area contributed by atoms with E-state index in [0.29, 0.717) is 13.1 Å². The quantitative estimate of drug-likeness (QED) is 0.721. The van der Waals surface area contributed by atoms with Crippen molar-refractivity contribution < 1.29 is 4.79 Å². The molecule has 0 radical (unpaired) electrons. The maximum Gasteiger partial charge on any atom is 0.254 e. The van der Waals surface area contributed by atoms with Crippen molar-refractivity contribution in [1.29, 1.82) is 0 Å². The average molecular weight is 329 g/mol. The van der Waals surface area contributed by atoms with E-state index >= 15 is 0 Å². The van der Waals surface area contributed by atoms with Crippen LogP contribution in [0, 0.1) is 6.92 Å². The molecule has 2 aromatic carbocycles. The van der Waals surface area contributed by atoms with Crippen LogP contribution in [0.2, 0.25) is 0 Å². The van der Waals surface area contributed by atoms with Gasteiger partial charge in [-0.25, -0.2) is 9.97 Å². The molecule has 0 fully saturated rings. The first-order valence-corrected chi connectivity index (χ1v) is 8.47. The molecule has 0 atom stereocenters. The highest BCUT2D eigenvalue weighted by Crippen LogP contribution is 2.22. The zero-order valence-corrected chi connectivity index (χ0v) is 14.1. The van der Waals surface area contributed by atoms with Crippen molar-refractivity contribution in [2.24, 2.45) is 0 Å². The Labute approximate surface area is 147 Å². The fourth-order valence-corrected chi connectivity index (χ4v) is 3.18. The van der Waals surface area contributed by atoms with Gasteiger partial charge in [-0.05, 0) is 19.1 Å². The molecular weight excluding hydrogens is 310 g/mol. The monoisotopic (exact) mass is 329 g/mol. The molecule has 1 amide bonds. The van der Waals surface area contributed by atoms with Crippen molar-refractivity contribution in [3.8, 4) is 11.4 Å². The Balaban J connectivity index is 1.57. The molecule has 3 aromatic rings. The molecule has 0 N–H and O–H groups in total. The lowest BCUT2D eigenvalue weighted by Crippen LogP contribution is -2.36.